The van der Waals surface area contributed by atoms with Crippen LogP contribution in [-0.2, 0) is 4.74 Å². The molecule has 0 bridgehead atoms. The third kappa shape index (κ3) is 5.37. The van der Waals surface area contributed by atoms with Crippen molar-refractivity contribution in [2.75, 3.05) is 13.7 Å². The molecule has 0 aromatic rings. The van der Waals surface area contributed by atoms with Crippen LogP contribution in [-0.4, -0.2) is 25.7 Å². The van der Waals surface area contributed by atoms with E-state index in [2.05, 4.69) is 4.99 Å². The van der Waals surface area contributed by atoms with Crippen molar-refractivity contribution in [2.24, 2.45) is 16.5 Å². The van der Waals surface area contributed by atoms with Crippen LogP contribution in [0, 0.1) is 0 Å². The second-order valence-electron chi connectivity index (χ2n) is 2.18. The molecule has 0 aliphatic carbocycles. The van der Waals surface area contributed by atoms with Gasteiger partial charge in [0.2, 0.25) is 0 Å². The summed E-state index contributed by atoms with van der Waals surface area (Å²) in [5.41, 5.74) is 10.3. The summed E-state index contributed by atoms with van der Waals surface area (Å²) in [7, 11) is 1.65. The minimum atomic E-state index is 0.142. The van der Waals surface area contributed by atoms with Gasteiger partial charge in [-0.25, -0.2) is 0 Å². The van der Waals surface area contributed by atoms with Crippen molar-refractivity contribution in [3.8, 4) is 0 Å². The maximum Gasteiger partial charge on any atom is 0.186 e. The van der Waals surface area contributed by atoms with Crippen LogP contribution in [0.3, 0.4) is 0 Å². The Labute approximate surface area is 61.3 Å². The molecule has 0 aliphatic heterocycles. The predicted octanol–water partition coefficient (Wildman–Crippen LogP) is -0.315. The molecule has 4 nitrogen and oxygen atoms in total. The Bertz CT molecular complexity index is 110. The summed E-state index contributed by atoms with van der Waals surface area (Å²) in [5, 5.41) is 0. The standard InChI is InChI=1S/C6H15N3O/c1-5(3-4-10-2)9-6(7)8/h5H,3-4H2,1-2H3,(H4,7,8,9). The summed E-state index contributed by atoms with van der Waals surface area (Å²) >= 11 is 0. The zero-order valence-electron chi connectivity index (χ0n) is 6.50. The van der Waals surface area contributed by atoms with E-state index in [0.717, 1.165) is 6.42 Å². The van der Waals surface area contributed by atoms with Crippen LogP contribution in [0.1, 0.15) is 13.3 Å². The Morgan fingerprint density at radius 3 is 2.60 bits per heavy atom. The Morgan fingerprint density at radius 1 is 1.60 bits per heavy atom. The molecule has 60 valence electrons. The summed E-state index contributed by atoms with van der Waals surface area (Å²) in [6.45, 7) is 2.64. The van der Waals surface area contributed by atoms with E-state index in [4.69, 9.17) is 16.2 Å². The van der Waals surface area contributed by atoms with E-state index in [1.165, 1.54) is 0 Å². The number of hydrogen-bond acceptors (Lipinski definition) is 2. The van der Waals surface area contributed by atoms with Gasteiger partial charge in [0.1, 0.15) is 0 Å². The third-order valence-corrected chi connectivity index (χ3v) is 1.11. The summed E-state index contributed by atoms with van der Waals surface area (Å²) in [6, 6.07) is 0.157. The van der Waals surface area contributed by atoms with Crippen LogP contribution >= 0.6 is 0 Å². The van der Waals surface area contributed by atoms with E-state index in [1.54, 1.807) is 7.11 Å². The monoisotopic (exact) mass is 145 g/mol. The first-order valence-electron chi connectivity index (χ1n) is 3.24. The Morgan fingerprint density at radius 2 is 2.20 bits per heavy atom. The van der Waals surface area contributed by atoms with Crippen molar-refractivity contribution in [3.05, 3.63) is 0 Å². The molecule has 1 atom stereocenters. The number of ether oxygens (including phenoxy) is 1. The van der Waals surface area contributed by atoms with Crippen LogP contribution in [0.15, 0.2) is 4.99 Å². The fraction of sp³-hybridized carbons (Fsp3) is 0.833. The van der Waals surface area contributed by atoms with Crippen molar-refractivity contribution in [3.63, 3.8) is 0 Å². The van der Waals surface area contributed by atoms with Crippen LogP contribution in [0.4, 0.5) is 0 Å². The molecular weight excluding hydrogens is 130 g/mol. The van der Waals surface area contributed by atoms with Gasteiger partial charge in [-0.3, -0.25) is 4.99 Å². The summed E-state index contributed by atoms with van der Waals surface area (Å²) in [4.78, 5) is 3.91. The number of aliphatic imine (C=N–C) groups is 1. The maximum absolute atomic E-state index is 5.15. The van der Waals surface area contributed by atoms with Crippen molar-refractivity contribution < 1.29 is 4.74 Å². The van der Waals surface area contributed by atoms with Gasteiger partial charge in [0.15, 0.2) is 5.96 Å². The molecule has 0 saturated carbocycles. The number of guanidine groups is 1. The molecule has 0 aromatic heterocycles. The second-order valence-corrected chi connectivity index (χ2v) is 2.18. The summed E-state index contributed by atoms with van der Waals surface area (Å²) < 4.78 is 4.84. The first-order valence-corrected chi connectivity index (χ1v) is 3.24. The summed E-state index contributed by atoms with van der Waals surface area (Å²) in [5.74, 6) is 0.142. The molecular formula is C6H15N3O. The highest BCUT2D eigenvalue weighted by Crippen LogP contribution is 1.94. The van der Waals surface area contributed by atoms with Gasteiger partial charge in [-0.1, -0.05) is 0 Å². The third-order valence-electron chi connectivity index (χ3n) is 1.11. The largest absolute Gasteiger partial charge is 0.385 e. The van der Waals surface area contributed by atoms with Gasteiger partial charge in [0.25, 0.3) is 0 Å². The predicted molar refractivity (Wildman–Crippen MR) is 41.8 cm³/mol. The lowest BCUT2D eigenvalue weighted by molar-refractivity contribution is 0.190. The fourth-order valence-electron chi connectivity index (χ4n) is 0.607. The lowest BCUT2D eigenvalue weighted by atomic mass is 10.3. The lowest BCUT2D eigenvalue weighted by Gasteiger charge is -2.04. The van der Waals surface area contributed by atoms with Crippen LogP contribution in [0.25, 0.3) is 0 Å². The number of nitrogens with two attached hydrogens (primary N) is 2. The second kappa shape index (κ2) is 5.05. The van der Waals surface area contributed by atoms with Crippen LogP contribution in [0.5, 0.6) is 0 Å². The molecule has 0 radical (unpaired) electrons. The van der Waals surface area contributed by atoms with E-state index >= 15 is 0 Å². The molecule has 0 heterocycles. The zero-order chi connectivity index (χ0) is 7.98. The number of rotatable bonds is 4. The minimum Gasteiger partial charge on any atom is -0.385 e. The van der Waals surface area contributed by atoms with E-state index in [-0.39, 0.29) is 12.0 Å². The molecule has 0 fully saturated rings. The van der Waals surface area contributed by atoms with Gasteiger partial charge in [0, 0.05) is 13.7 Å². The van der Waals surface area contributed by atoms with Crippen molar-refractivity contribution >= 4 is 5.96 Å². The fourth-order valence-corrected chi connectivity index (χ4v) is 0.607. The highest BCUT2D eigenvalue weighted by Gasteiger charge is 1.97. The van der Waals surface area contributed by atoms with E-state index in [0.29, 0.717) is 6.61 Å². The van der Waals surface area contributed by atoms with Crippen molar-refractivity contribution in [2.45, 2.75) is 19.4 Å². The molecule has 0 saturated heterocycles. The van der Waals surface area contributed by atoms with E-state index in [9.17, 15) is 0 Å². The molecule has 0 spiro atoms. The van der Waals surface area contributed by atoms with Gasteiger partial charge in [0.05, 0.1) is 6.04 Å². The van der Waals surface area contributed by atoms with Gasteiger partial charge in [-0.05, 0) is 13.3 Å². The Hall–Kier alpha value is -0.770. The molecule has 10 heavy (non-hydrogen) atoms. The van der Waals surface area contributed by atoms with E-state index < -0.39 is 0 Å². The quantitative estimate of drug-likeness (QED) is 0.421. The maximum atomic E-state index is 5.15. The molecule has 4 N–H and O–H groups in total. The highest BCUT2D eigenvalue weighted by molar-refractivity contribution is 5.75. The van der Waals surface area contributed by atoms with Crippen molar-refractivity contribution in [1.82, 2.24) is 0 Å². The Kier molecular flexibility index (Phi) is 4.66. The average Bonchev–Trinajstić information content (AvgIpc) is 1.82. The van der Waals surface area contributed by atoms with Gasteiger partial charge < -0.3 is 16.2 Å². The van der Waals surface area contributed by atoms with Gasteiger partial charge in [-0.15, -0.1) is 0 Å². The normalized spacial score (nSPS) is 12.6. The molecule has 0 aromatic carbocycles. The Balaban J connectivity index is 3.43. The zero-order valence-corrected chi connectivity index (χ0v) is 6.50. The summed E-state index contributed by atoms with van der Waals surface area (Å²) in [6.07, 6.45) is 0.856. The van der Waals surface area contributed by atoms with Gasteiger partial charge >= 0.3 is 0 Å². The van der Waals surface area contributed by atoms with Crippen LogP contribution in [0.2, 0.25) is 0 Å². The average molecular weight is 145 g/mol. The van der Waals surface area contributed by atoms with Gasteiger partial charge in [-0.2, -0.15) is 0 Å². The van der Waals surface area contributed by atoms with Crippen LogP contribution < -0.4 is 11.5 Å². The smallest absolute Gasteiger partial charge is 0.186 e. The first kappa shape index (κ1) is 9.23. The van der Waals surface area contributed by atoms with E-state index in [1.807, 2.05) is 6.92 Å². The molecule has 0 aliphatic rings. The molecule has 4 heteroatoms. The number of nitrogens with zero attached hydrogens (tertiary/aromatic N) is 1. The number of hydrogen-bond donors (Lipinski definition) is 2. The highest BCUT2D eigenvalue weighted by atomic mass is 16.5. The molecule has 0 rings (SSSR count). The van der Waals surface area contributed by atoms with Crippen molar-refractivity contribution in [1.29, 1.82) is 0 Å². The molecule has 0 amide bonds. The lowest BCUT2D eigenvalue weighted by Crippen LogP contribution is -2.25. The topological polar surface area (TPSA) is 73.6 Å². The number of methoxy groups -OCH3 is 1. The molecule has 1 unspecified atom stereocenters. The first-order chi connectivity index (χ1) is 4.66. The minimum absolute atomic E-state index is 0.142. The SMILES string of the molecule is COCCC(C)N=C(N)N.